The van der Waals surface area contributed by atoms with Crippen molar-refractivity contribution in [2.75, 3.05) is 19.8 Å². The normalized spacial score (nSPS) is 22.8. The maximum atomic E-state index is 6.29. The highest BCUT2D eigenvalue weighted by atomic mass is 35.5. The highest BCUT2D eigenvalue weighted by molar-refractivity contribution is 6.35. The maximum Gasteiger partial charge on any atom is 0.116 e. The van der Waals surface area contributed by atoms with E-state index in [0.29, 0.717) is 6.04 Å². The fourth-order valence-corrected chi connectivity index (χ4v) is 3.21. The maximum absolute atomic E-state index is 6.29. The van der Waals surface area contributed by atoms with Crippen LogP contribution in [0.3, 0.4) is 0 Å². The van der Waals surface area contributed by atoms with Crippen molar-refractivity contribution in [2.45, 2.75) is 25.3 Å². The minimum absolute atomic E-state index is 0.287. The number of rotatable bonds is 4. The Bertz CT molecular complexity index is 610. The average molecular weight is 294 g/mol. The molecule has 5 heteroatoms. The minimum Gasteiger partial charge on any atom is -0.379 e. The summed E-state index contributed by atoms with van der Waals surface area (Å²) in [6.45, 7) is 4.65. The van der Waals surface area contributed by atoms with Crippen molar-refractivity contribution in [3.8, 4) is 0 Å². The summed E-state index contributed by atoms with van der Waals surface area (Å²) in [5.74, 6) is 1.34. The molecule has 4 nitrogen and oxygen atoms in total. The van der Waals surface area contributed by atoms with E-state index in [1.165, 1.54) is 0 Å². The van der Waals surface area contributed by atoms with Gasteiger partial charge in [0.05, 0.1) is 35.2 Å². The number of imidazole rings is 1. The van der Waals surface area contributed by atoms with Crippen LogP contribution in [-0.2, 0) is 11.8 Å². The predicted octanol–water partition coefficient (Wildman–Crippen LogP) is 2.71. The van der Waals surface area contributed by atoms with Gasteiger partial charge < -0.3 is 14.6 Å². The number of aryl methyl sites for hydroxylation is 1. The number of benzene rings is 1. The topological polar surface area (TPSA) is 39.1 Å². The Morgan fingerprint density at radius 2 is 2.30 bits per heavy atom. The van der Waals surface area contributed by atoms with E-state index in [0.717, 1.165) is 48.1 Å². The monoisotopic (exact) mass is 293 g/mol. The van der Waals surface area contributed by atoms with E-state index >= 15 is 0 Å². The third kappa shape index (κ3) is 2.32. The number of aromatic nitrogens is 2. The molecule has 1 aliphatic rings. The zero-order valence-corrected chi connectivity index (χ0v) is 12.7. The number of para-hydroxylation sites is 1. The van der Waals surface area contributed by atoms with Crippen LogP contribution in [0.2, 0.25) is 5.02 Å². The van der Waals surface area contributed by atoms with Crippen molar-refractivity contribution in [1.82, 2.24) is 14.9 Å². The number of hydrogen-bond donors (Lipinski definition) is 1. The Kier molecular flexibility index (Phi) is 3.96. The molecular weight excluding hydrogens is 274 g/mol. The van der Waals surface area contributed by atoms with E-state index in [-0.39, 0.29) is 5.92 Å². The Hall–Kier alpha value is -1.10. The molecule has 0 spiro atoms. The molecule has 0 amide bonds. The number of nitrogens with one attached hydrogen (secondary N) is 1. The van der Waals surface area contributed by atoms with Crippen molar-refractivity contribution in [3.05, 3.63) is 29.0 Å². The van der Waals surface area contributed by atoms with Crippen LogP contribution in [0.5, 0.6) is 0 Å². The number of ether oxygens (including phenoxy) is 1. The van der Waals surface area contributed by atoms with Crippen molar-refractivity contribution in [1.29, 1.82) is 0 Å². The second-order valence-electron chi connectivity index (χ2n) is 5.34. The molecule has 1 fully saturated rings. The van der Waals surface area contributed by atoms with Gasteiger partial charge in [0.25, 0.3) is 0 Å². The molecule has 108 valence electrons. The molecule has 1 saturated heterocycles. The molecule has 1 aliphatic heterocycles. The van der Waals surface area contributed by atoms with Crippen LogP contribution in [0, 0.1) is 0 Å². The van der Waals surface area contributed by atoms with Gasteiger partial charge in [0.1, 0.15) is 5.82 Å². The van der Waals surface area contributed by atoms with Crippen molar-refractivity contribution in [2.24, 2.45) is 7.05 Å². The summed E-state index contributed by atoms with van der Waals surface area (Å²) in [6.07, 6.45) is 1.12. The van der Waals surface area contributed by atoms with Crippen LogP contribution in [0.4, 0.5) is 0 Å². The van der Waals surface area contributed by atoms with Crippen molar-refractivity contribution < 1.29 is 4.74 Å². The first-order valence-corrected chi connectivity index (χ1v) is 7.52. The quantitative estimate of drug-likeness (QED) is 0.942. The Labute approximate surface area is 124 Å². The Morgan fingerprint density at radius 1 is 1.45 bits per heavy atom. The smallest absolute Gasteiger partial charge is 0.116 e. The summed E-state index contributed by atoms with van der Waals surface area (Å²) >= 11 is 6.29. The van der Waals surface area contributed by atoms with E-state index in [1.54, 1.807) is 0 Å². The first-order valence-electron chi connectivity index (χ1n) is 7.14. The fraction of sp³-hybridized carbons (Fsp3) is 0.533. The third-order valence-electron chi connectivity index (χ3n) is 3.95. The zero-order valence-electron chi connectivity index (χ0n) is 11.9. The van der Waals surface area contributed by atoms with Gasteiger partial charge in [0.2, 0.25) is 0 Å². The molecule has 2 unspecified atom stereocenters. The third-order valence-corrected chi connectivity index (χ3v) is 4.25. The molecule has 0 aliphatic carbocycles. The standard InChI is InChI=1S/C15H20ClN3O/c1-3-7-17-13-9-20-8-10(13)15-18-12-6-4-5-11(16)14(12)19(15)2/h4-6,10,13,17H,3,7-9H2,1-2H3. The molecule has 20 heavy (non-hydrogen) atoms. The largest absolute Gasteiger partial charge is 0.379 e. The van der Waals surface area contributed by atoms with Gasteiger partial charge in [-0.15, -0.1) is 0 Å². The number of hydrogen-bond acceptors (Lipinski definition) is 3. The minimum atomic E-state index is 0.287. The van der Waals surface area contributed by atoms with Crippen molar-refractivity contribution in [3.63, 3.8) is 0 Å². The predicted molar refractivity (Wildman–Crippen MR) is 81.4 cm³/mol. The second kappa shape index (κ2) is 5.72. The van der Waals surface area contributed by atoms with Gasteiger partial charge in [-0.25, -0.2) is 4.98 Å². The molecular formula is C15H20ClN3O. The van der Waals surface area contributed by atoms with Gasteiger partial charge in [-0.05, 0) is 25.1 Å². The van der Waals surface area contributed by atoms with Gasteiger partial charge in [0.15, 0.2) is 0 Å². The summed E-state index contributed by atoms with van der Waals surface area (Å²) in [5.41, 5.74) is 1.96. The number of halogens is 1. The van der Waals surface area contributed by atoms with Crippen LogP contribution in [-0.4, -0.2) is 35.4 Å². The van der Waals surface area contributed by atoms with Crippen molar-refractivity contribution >= 4 is 22.6 Å². The van der Waals surface area contributed by atoms with E-state index in [4.69, 9.17) is 21.3 Å². The molecule has 1 aromatic carbocycles. The van der Waals surface area contributed by atoms with Crippen LogP contribution in [0.1, 0.15) is 25.1 Å². The molecule has 3 rings (SSSR count). The average Bonchev–Trinajstić information content (AvgIpc) is 3.01. The summed E-state index contributed by atoms with van der Waals surface area (Å²) in [5, 5.41) is 4.31. The zero-order chi connectivity index (χ0) is 14.1. The summed E-state index contributed by atoms with van der Waals surface area (Å²) < 4.78 is 7.76. The lowest BCUT2D eigenvalue weighted by Crippen LogP contribution is -2.35. The van der Waals surface area contributed by atoms with E-state index in [9.17, 15) is 0 Å². The second-order valence-corrected chi connectivity index (χ2v) is 5.75. The van der Waals surface area contributed by atoms with Gasteiger partial charge in [-0.1, -0.05) is 24.6 Å². The SMILES string of the molecule is CCCNC1COCC1c1nc2cccc(Cl)c2n1C. The van der Waals surface area contributed by atoms with Gasteiger partial charge in [-0.3, -0.25) is 0 Å². The summed E-state index contributed by atoms with van der Waals surface area (Å²) in [4.78, 5) is 4.77. The van der Waals surface area contributed by atoms with Gasteiger partial charge in [0, 0.05) is 13.1 Å². The lowest BCUT2D eigenvalue weighted by molar-refractivity contribution is 0.187. The highest BCUT2D eigenvalue weighted by Gasteiger charge is 2.32. The van der Waals surface area contributed by atoms with E-state index in [2.05, 4.69) is 16.8 Å². The first kappa shape index (κ1) is 13.9. The lowest BCUT2D eigenvalue weighted by Gasteiger charge is -2.18. The number of fused-ring (bicyclic) bond motifs is 1. The van der Waals surface area contributed by atoms with E-state index < -0.39 is 0 Å². The fourth-order valence-electron chi connectivity index (χ4n) is 2.91. The molecule has 2 atom stereocenters. The van der Waals surface area contributed by atoms with Crippen LogP contribution in [0.25, 0.3) is 11.0 Å². The molecule has 1 N–H and O–H groups in total. The van der Waals surface area contributed by atoms with E-state index in [1.807, 2.05) is 25.2 Å². The molecule has 0 radical (unpaired) electrons. The Balaban J connectivity index is 1.97. The highest BCUT2D eigenvalue weighted by Crippen LogP contribution is 2.30. The molecule has 1 aromatic heterocycles. The van der Waals surface area contributed by atoms with Crippen LogP contribution >= 0.6 is 11.6 Å². The van der Waals surface area contributed by atoms with Gasteiger partial charge in [-0.2, -0.15) is 0 Å². The van der Waals surface area contributed by atoms with Crippen LogP contribution < -0.4 is 5.32 Å². The lowest BCUT2D eigenvalue weighted by atomic mass is 10.0. The summed E-state index contributed by atoms with van der Waals surface area (Å²) in [7, 11) is 2.03. The molecule has 0 saturated carbocycles. The van der Waals surface area contributed by atoms with Gasteiger partial charge >= 0.3 is 0 Å². The first-order chi connectivity index (χ1) is 9.72. The molecule has 2 aromatic rings. The number of nitrogens with zero attached hydrogens (tertiary/aromatic N) is 2. The molecule has 2 heterocycles. The summed E-state index contributed by atoms with van der Waals surface area (Å²) in [6, 6.07) is 6.20. The van der Waals surface area contributed by atoms with Crippen LogP contribution in [0.15, 0.2) is 18.2 Å². The molecule has 0 bridgehead atoms. The Morgan fingerprint density at radius 3 is 3.05 bits per heavy atom.